The van der Waals surface area contributed by atoms with Crippen molar-refractivity contribution in [3.05, 3.63) is 60.0 Å². The highest BCUT2D eigenvalue weighted by Crippen LogP contribution is 2.30. The Hall–Kier alpha value is -2.26. The number of fused-ring (bicyclic) bond motifs is 1. The largest absolute Gasteiger partial charge is 0.325 e. The number of hydrogen-bond donors (Lipinski definition) is 1. The van der Waals surface area contributed by atoms with Crippen LogP contribution in [0, 0.1) is 0 Å². The first-order chi connectivity index (χ1) is 10.2. The van der Waals surface area contributed by atoms with Crippen molar-refractivity contribution in [2.24, 2.45) is 5.73 Å². The van der Waals surface area contributed by atoms with E-state index < -0.39 is 0 Å². The van der Waals surface area contributed by atoms with Gasteiger partial charge in [0, 0.05) is 29.9 Å². The van der Waals surface area contributed by atoms with Crippen molar-refractivity contribution in [3.63, 3.8) is 0 Å². The molecule has 3 aromatic rings. The van der Waals surface area contributed by atoms with Gasteiger partial charge in [-0.2, -0.15) is 0 Å². The molecule has 0 aliphatic rings. The summed E-state index contributed by atoms with van der Waals surface area (Å²) in [5.74, 6) is 0.485. The van der Waals surface area contributed by atoms with E-state index in [0.717, 1.165) is 27.7 Å². The predicted molar refractivity (Wildman–Crippen MR) is 87.0 cm³/mol. The summed E-state index contributed by atoms with van der Waals surface area (Å²) < 4.78 is 0. The maximum Gasteiger partial charge on any atom is 0.0723 e. The fourth-order valence-electron chi connectivity index (χ4n) is 2.57. The lowest BCUT2D eigenvalue weighted by Gasteiger charge is -2.12. The molecule has 0 saturated carbocycles. The number of nitrogens with two attached hydrogens (primary N) is 1. The molecule has 3 rings (SSSR count). The van der Waals surface area contributed by atoms with Crippen LogP contribution in [0.2, 0.25) is 0 Å². The van der Waals surface area contributed by atoms with Gasteiger partial charge in [-0.1, -0.05) is 32.0 Å². The Morgan fingerprint density at radius 1 is 1.05 bits per heavy atom. The molecule has 0 atom stereocenters. The van der Waals surface area contributed by atoms with Crippen molar-refractivity contribution in [3.8, 4) is 11.3 Å². The van der Waals surface area contributed by atoms with Gasteiger partial charge in [0.1, 0.15) is 0 Å². The molecule has 0 saturated heterocycles. The predicted octanol–water partition coefficient (Wildman–Crippen LogP) is 3.88. The Labute approximate surface area is 124 Å². The number of aromatic nitrogens is 2. The normalized spacial score (nSPS) is 11.2. The number of nitrogens with zero attached hydrogens (tertiary/aromatic N) is 2. The van der Waals surface area contributed by atoms with Crippen LogP contribution < -0.4 is 5.73 Å². The minimum Gasteiger partial charge on any atom is -0.325 e. The zero-order chi connectivity index (χ0) is 14.8. The summed E-state index contributed by atoms with van der Waals surface area (Å²) in [4.78, 5) is 8.98. The molecule has 2 heterocycles. The molecule has 1 aromatic carbocycles. The first-order valence-corrected chi connectivity index (χ1v) is 7.23. The molecular formula is C18H19N3. The van der Waals surface area contributed by atoms with E-state index in [-0.39, 0.29) is 0 Å². The van der Waals surface area contributed by atoms with E-state index in [4.69, 9.17) is 5.73 Å². The molecule has 0 unspecified atom stereocenters. The lowest BCUT2D eigenvalue weighted by molar-refractivity contribution is 0.868. The van der Waals surface area contributed by atoms with Gasteiger partial charge in [0.05, 0.1) is 11.4 Å². The third-order valence-electron chi connectivity index (χ3n) is 3.80. The molecule has 0 spiro atoms. The van der Waals surface area contributed by atoms with Gasteiger partial charge in [0.25, 0.3) is 0 Å². The first kappa shape index (κ1) is 13.7. The van der Waals surface area contributed by atoms with Crippen LogP contribution in [0.25, 0.3) is 22.0 Å². The van der Waals surface area contributed by atoms with Gasteiger partial charge < -0.3 is 5.73 Å². The minimum atomic E-state index is 0.445. The molecule has 0 amide bonds. The highest BCUT2D eigenvalue weighted by molar-refractivity contribution is 5.97. The summed E-state index contributed by atoms with van der Waals surface area (Å²) in [5, 5.41) is 2.29. The van der Waals surface area contributed by atoms with Crippen molar-refractivity contribution in [2.75, 3.05) is 0 Å². The molecule has 21 heavy (non-hydrogen) atoms. The van der Waals surface area contributed by atoms with Crippen LogP contribution in [0.3, 0.4) is 0 Å². The van der Waals surface area contributed by atoms with Gasteiger partial charge in [-0.3, -0.25) is 9.97 Å². The second-order valence-electron chi connectivity index (χ2n) is 5.50. The summed E-state index contributed by atoms with van der Waals surface area (Å²) in [7, 11) is 0. The van der Waals surface area contributed by atoms with Gasteiger partial charge in [0.15, 0.2) is 0 Å². The molecular weight excluding hydrogens is 258 g/mol. The van der Waals surface area contributed by atoms with E-state index >= 15 is 0 Å². The van der Waals surface area contributed by atoms with Crippen molar-refractivity contribution < 1.29 is 0 Å². The lowest BCUT2D eigenvalue weighted by Crippen LogP contribution is -2.02. The SMILES string of the molecule is CC(C)c1ccc2c(-c3ccccn3)cnc(CN)c2c1. The van der Waals surface area contributed by atoms with Crippen LogP contribution in [-0.2, 0) is 6.54 Å². The van der Waals surface area contributed by atoms with Gasteiger partial charge in [-0.05, 0) is 35.1 Å². The van der Waals surface area contributed by atoms with Crippen LogP contribution in [0.4, 0.5) is 0 Å². The van der Waals surface area contributed by atoms with Gasteiger partial charge >= 0.3 is 0 Å². The maximum absolute atomic E-state index is 5.85. The van der Waals surface area contributed by atoms with Gasteiger partial charge in [-0.25, -0.2) is 0 Å². The third-order valence-corrected chi connectivity index (χ3v) is 3.80. The fraction of sp³-hybridized carbons (Fsp3) is 0.222. The molecule has 0 aliphatic carbocycles. The van der Waals surface area contributed by atoms with Crippen LogP contribution in [0.1, 0.15) is 31.0 Å². The highest BCUT2D eigenvalue weighted by atomic mass is 14.7. The second kappa shape index (κ2) is 5.62. The lowest BCUT2D eigenvalue weighted by atomic mass is 9.96. The van der Waals surface area contributed by atoms with Crippen molar-refractivity contribution in [1.82, 2.24) is 9.97 Å². The summed E-state index contributed by atoms with van der Waals surface area (Å²) in [6.07, 6.45) is 3.68. The Bertz CT molecular complexity index is 764. The molecule has 3 nitrogen and oxygen atoms in total. The van der Waals surface area contributed by atoms with E-state index in [1.165, 1.54) is 5.56 Å². The van der Waals surface area contributed by atoms with E-state index in [1.807, 2.05) is 24.4 Å². The van der Waals surface area contributed by atoms with E-state index in [9.17, 15) is 0 Å². The highest BCUT2D eigenvalue weighted by Gasteiger charge is 2.11. The number of benzene rings is 1. The van der Waals surface area contributed by atoms with Crippen LogP contribution in [0.15, 0.2) is 48.8 Å². The summed E-state index contributed by atoms with van der Waals surface area (Å²) in [6.45, 7) is 4.83. The zero-order valence-corrected chi connectivity index (χ0v) is 12.4. The molecule has 106 valence electrons. The van der Waals surface area contributed by atoms with Crippen molar-refractivity contribution >= 4 is 10.8 Å². The number of rotatable bonds is 3. The summed E-state index contributed by atoms with van der Waals surface area (Å²) in [5.41, 5.74) is 10.1. The zero-order valence-electron chi connectivity index (χ0n) is 12.4. The maximum atomic E-state index is 5.85. The Morgan fingerprint density at radius 3 is 2.57 bits per heavy atom. The molecule has 3 heteroatoms. The van der Waals surface area contributed by atoms with Crippen molar-refractivity contribution in [2.45, 2.75) is 26.3 Å². The molecule has 0 radical (unpaired) electrons. The van der Waals surface area contributed by atoms with E-state index in [2.05, 4.69) is 42.0 Å². The van der Waals surface area contributed by atoms with Crippen LogP contribution >= 0.6 is 0 Å². The minimum absolute atomic E-state index is 0.445. The monoisotopic (exact) mass is 277 g/mol. The molecule has 0 fully saturated rings. The van der Waals surface area contributed by atoms with Crippen LogP contribution in [0.5, 0.6) is 0 Å². The van der Waals surface area contributed by atoms with Gasteiger partial charge in [-0.15, -0.1) is 0 Å². The quantitative estimate of drug-likeness (QED) is 0.790. The third kappa shape index (κ3) is 2.52. The Morgan fingerprint density at radius 2 is 1.90 bits per heavy atom. The summed E-state index contributed by atoms with van der Waals surface area (Å²) >= 11 is 0. The number of hydrogen-bond acceptors (Lipinski definition) is 3. The van der Waals surface area contributed by atoms with E-state index in [1.54, 1.807) is 6.20 Å². The smallest absolute Gasteiger partial charge is 0.0723 e. The molecule has 2 N–H and O–H groups in total. The first-order valence-electron chi connectivity index (χ1n) is 7.23. The van der Waals surface area contributed by atoms with Gasteiger partial charge in [0.2, 0.25) is 0 Å². The van der Waals surface area contributed by atoms with E-state index in [0.29, 0.717) is 12.5 Å². The van der Waals surface area contributed by atoms with Crippen LogP contribution in [-0.4, -0.2) is 9.97 Å². The Balaban J connectivity index is 2.29. The summed E-state index contributed by atoms with van der Waals surface area (Å²) in [6, 6.07) is 12.5. The molecule has 0 aliphatic heterocycles. The average molecular weight is 277 g/mol. The second-order valence-corrected chi connectivity index (χ2v) is 5.50. The average Bonchev–Trinajstić information content (AvgIpc) is 2.54. The standard InChI is InChI=1S/C18H19N3/c1-12(2)13-6-7-14-15(9-13)18(10-19)21-11-16(14)17-5-3-4-8-20-17/h3-9,11-12H,10,19H2,1-2H3. The van der Waals surface area contributed by atoms with Crippen molar-refractivity contribution in [1.29, 1.82) is 0 Å². The Kier molecular flexibility index (Phi) is 3.67. The fourth-order valence-corrected chi connectivity index (χ4v) is 2.57. The molecule has 0 bridgehead atoms. The number of pyridine rings is 2. The molecule has 2 aromatic heterocycles. The topological polar surface area (TPSA) is 51.8 Å².